The highest BCUT2D eigenvalue weighted by Crippen LogP contribution is 2.25. The van der Waals surface area contributed by atoms with Crippen LogP contribution in [-0.4, -0.2) is 13.4 Å². The van der Waals surface area contributed by atoms with E-state index < -0.39 is 0 Å². The van der Waals surface area contributed by atoms with Crippen LogP contribution in [-0.2, 0) is 9.47 Å². The molecule has 2 heteroatoms. The maximum atomic E-state index is 5.44. The second-order valence-corrected chi connectivity index (χ2v) is 5.53. The summed E-state index contributed by atoms with van der Waals surface area (Å²) in [6.45, 7) is 7.93. The Morgan fingerprint density at radius 3 is 2.58 bits per heavy atom. The fourth-order valence-corrected chi connectivity index (χ4v) is 1.67. The van der Waals surface area contributed by atoms with Crippen molar-refractivity contribution in [3.63, 3.8) is 0 Å². The number of hydrogen-bond donors (Lipinski definition) is 0. The molecule has 0 aromatic heterocycles. The molecule has 0 amide bonds. The van der Waals surface area contributed by atoms with Crippen LogP contribution in [0, 0.1) is 5.41 Å². The van der Waals surface area contributed by atoms with E-state index in [1.807, 2.05) is 36.4 Å². The third kappa shape index (κ3) is 7.68. The van der Waals surface area contributed by atoms with E-state index in [4.69, 9.17) is 9.47 Å². The van der Waals surface area contributed by atoms with Gasteiger partial charge in [-0.3, -0.25) is 0 Å². The summed E-state index contributed by atoms with van der Waals surface area (Å²) in [7, 11) is 0. The van der Waals surface area contributed by atoms with E-state index in [9.17, 15) is 0 Å². The Kier molecular flexibility index (Phi) is 7.27. The van der Waals surface area contributed by atoms with Gasteiger partial charge in [0.05, 0.1) is 12.9 Å². The topological polar surface area (TPSA) is 18.5 Å². The number of ether oxygens (including phenoxy) is 2. The Morgan fingerprint density at radius 1 is 1.16 bits per heavy atom. The van der Waals surface area contributed by atoms with E-state index in [0.717, 1.165) is 18.6 Å². The molecule has 0 heterocycles. The molecule has 0 atom stereocenters. The fraction of sp³-hybridized carbons (Fsp3) is 0.529. The van der Waals surface area contributed by atoms with Crippen LogP contribution in [0.3, 0.4) is 0 Å². The first-order chi connectivity index (χ1) is 9.14. The Hall–Kier alpha value is -1.28. The molecule has 0 unspecified atom stereocenters. The highest BCUT2D eigenvalue weighted by atomic mass is 16.7. The summed E-state index contributed by atoms with van der Waals surface area (Å²) in [4.78, 5) is 0. The van der Waals surface area contributed by atoms with Gasteiger partial charge in [0, 0.05) is 0 Å². The molecule has 0 saturated heterocycles. The highest BCUT2D eigenvalue weighted by Gasteiger charge is 2.13. The maximum absolute atomic E-state index is 5.44. The first-order valence-corrected chi connectivity index (χ1v) is 7.05. The molecule has 0 aliphatic heterocycles. The van der Waals surface area contributed by atoms with Crippen LogP contribution in [0.15, 0.2) is 36.6 Å². The molecule has 0 aliphatic carbocycles. The third-order valence-corrected chi connectivity index (χ3v) is 3.41. The minimum absolute atomic E-state index is 0.329. The quantitative estimate of drug-likeness (QED) is 0.359. The lowest BCUT2D eigenvalue weighted by atomic mass is 9.85. The minimum atomic E-state index is 0.329. The second kappa shape index (κ2) is 8.76. The van der Waals surface area contributed by atoms with Crippen LogP contribution in [0.1, 0.15) is 45.6 Å². The van der Waals surface area contributed by atoms with Crippen LogP contribution in [0.25, 0.3) is 6.08 Å². The normalized spacial score (nSPS) is 11.9. The SMILES string of the molecule is CCC(C)(C)CCCOCO/C=C/c1ccccc1. The molecule has 0 N–H and O–H groups in total. The van der Waals surface area contributed by atoms with E-state index in [1.54, 1.807) is 6.26 Å². The van der Waals surface area contributed by atoms with Gasteiger partial charge in [-0.1, -0.05) is 57.5 Å². The molecule has 0 fully saturated rings. The Balaban J connectivity index is 2.01. The van der Waals surface area contributed by atoms with E-state index in [0.29, 0.717) is 12.2 Å². The molecule has 1 rings (SSSR count). The Bertz CT molecular complexity index is 355. The Labute approximate surface area is 117 Å². The zero-order valence-electron chi connectivity index (χ0n) is 12.4. The van der Waals surface area contributed by atoms with Crippen LogP contribution < -0.4 is 0 Å². The van der Waals surface area contributed by atoms with Gasteiger partial charge in [0.25, 0.3) is 0 Å². The maximum Gasteiger partial charge on any atom is 0.188 e. The van der Waals surface area contributed by atoms with Gasteiger partial charge in [-0.2, -0.15) is 0 Å². The van der Waals surface area contributed by atoms with Crippen molar-refractivity contribution < 1.29 is 9.47 Å². The van der Waals surface area contributed by atoms with Crippen LogP contribution in [0.4, 0.5) is 0 Å². The first-order valence-electron chi connectivity index (χ1n) is 7.05. The summed E-state index contributed by atoms with van der Waals surface area (Å²) in [5, 5.41) is 0. The molecule has 0 radical (unpaired) electrons. The molecule has 0 saturated carbocycles. The summed E-state index contributed by atoms with van der Waals surface area (Å²) in [5.74, 6) is 0. The van der Waals surface area contributed by atoms with Gasteiger partial charge >= 0.3 is 0 Å². The summed E-state index contributed by atoms with van der Waals surface area (Å²) in [6, 6.07) is 10.1. The van der Waals surface area contributed by atoms with Gasteiger partial charge in [-0.15, -0.1) is 0 Å². The predicted molar refractivity (Wildman–Crippen MR) is 80.7 cm³/mol. The van der Waals surface area contributed by atoms with Crippen molar-refractivity contribution in [2.24, 2.45) is 5.41 Å². The van der Waals surface area contributed by atoms with E-state index in [-0.39, 0.29) is 0 Å². The fourth-order valence-electron chi connectivity index (χ4n) is 1.67. The first kappa shape index (κ1) is 15.8. The molecule has 1 aromatic rings. The standard InChI is InChI=1S/C17H26O2/c1-4-17(2,3)12-8-13-18-15-19-14-11-16-9-6-5-7-10-16/h5-7,9-11,14H,4,8,12-13,15H2,1-3H3/b14-11+. The van der Waals surface area contributed by atoms with Crippen molar-refractivity contribution >= 4 is 6.08 Å². The number of benzene rings is 1. The van der Waals surface area contributed by atoms with Gasteiger partial charge in [-0.25, -0.2) is 0 Å². The lowest BCUT2D eigenvalue weighted by Crippen LogP contribution is -2.11. The molecule has 0 aliphatic rings. The number of rotatable bonds is 9. The summed E-state index contributed by atoms with van der Waals surface area (Å²) in [6.07, 6.45) is 7.12. The van der Waals surface area contributed by atoms with Crippen LogP contribution in [0.2, 0.25) is 0 Å². The molecule has 19 heavy (non-hydrogen) atoms. The average molecular weight is 262 g/mol. The summed E-state index contributed by atoms with van der Waals surface area (Å²) in [5.41, 5.74) is 1.56. The average Bonchev–Trinajstić information content (AvgIpc) is 2.43. The highest BCUT2D eigenvalue weighted by molar-refractivity contribution is 5.47. The van der Waals surface area contributed by atoms with Gasteiger partial charge in [0.2, 0.25) is 0 Å². The van der Waals surface area contributed by atoms with Crippen molar-refractivity contribution in [3.05, 3.63) is 42.2 Å². The molecule has 2 nitrogen and oxygen atoms in total. The molecular formula is C17H26O2. The van der Waals surface area contributed by atoms with E-state index in [2.05, 4.69) is 20.8 Å². The van der Waals surface area contributed by atoms with Crippen LogP contribution in [0.5, 0.6) is 0 Å². The van der Waals surface area contributed by atoms with Gasteiger partial charge in [0.15, 0.2) is 6.79 Å². The predicted octanol–water partition coefficient (Wildman–Crippen LogP) is 4.86. The van der Waals surface area contributed by atoms with Gasteiger partial charge in [-0.05, 0) is 29.9 Å². The van der Waals surface area contributed by atoms with E-state index in [1.165, 1.54) is 12.8 Å². The zero-order chi connectivity index (χ0) is 14.0. The van der Waals surface area contributed by atoms with Gasteiger partial charge < -0.3 is 9.47 Å². The molecule has 0 spiro atoms. The molecule has 0 bridgehead atoms. The van der Waals surface area contributed by atoms with Crippen molar-refractivity contribution in [1.82, 2.24) is 0 Å². The smallest absolute Gasteiger partial charge is 0.188 e. The molecule has 106 valence electrons. The van der Waals surface area contributed by atoms with Crippen molar-refractivity contribution in [2.75, 3.05) is 13.4 Å². The monoisotopic (exact) mass is 262 g/mol. The van der Waals surface area contributed by atoms with Crippen molar-refractivity contribution in [3.8, 4) is 0 Å². The lowest BCUT2D eigenvalue weighted by Gasteiger charge is -2.21. The minimum Gasteiger partial charge on any atom is -0.475 e. The third-order valence-electron chi connectivity index (χ3n) is 3.41. The zero-order valence-corrected chi connectivity index (χ0v) is 12.4. The van der Waals surface area contributed by atoms with Crippen LogP contribution >= 0.6 is 0 Å². The lowest BCUT2D eigenvalue weighted by molar-refractivity contribution is -0.0141. The van der Waals surface area contributed by atoms with Crippen molar-refractivity contribution in [1.29, 1.82) is 0 Å². The second-order valence-electron chi connectivity index (χ2n) is 5.53. The molecular weight excluding hydrogens is 236 g/mol. The Morgan fingerprint density at radius 2 is 1.89 bits per heavy atom. The summed E-state index contributed by atoms with van der Waals surface area (Å²) >= 11 is 0. The largest absolute Gasteiger partial charge is 0.475 e. The van der Waals surface area contributed by atoms with Crippen molar-refractivity contribution in [2.45, 2.75) is 40.0 Å². The van der Waals surface area contributed by atoms with E-state index >= 15 is 0 Å². The summed E-state index contributed by atoms with van der Waals surface area (Å²) < 4.78 is 10.7. The van der Waals surface area contributed by atoms with Gasteiger partial charge in [0.1, 0.15) is 0 Å². The molecule has 1 aromatic carbocycles. The number of hydrogen-bond acceptors (Lipinski definition) is 2.